The Morgan fingerprint density at radius 1 is 1.35 bits per heavy atom. The van der Waals surface area contributed by atoms with Gasteiger partial charge in [0.15, 0.2) is 0 Å². The van der Waals surface area contributed by atoms with Gasteiger partial charge in [0.1, 0.15) is 6.10 Å². The van der Waals surface area contributed by atoms with Gasteiger partial charge in [0, 0.05) is 32.6 Å². The van der Waals surface area contributed by atoms with Crippen molar-refractivity contribution in [3.63, 3.8) is 0 Å². The van der Waals surface area contributed by atoms with Crippen LogP contribution in [-0.4, -0.2) is 50.8 Å². The molecule has 23 heavy (non-hydrogen) atoms. The molecule has 126 valence electrons. The van der Waals surface area contributed by atoms with Crippen LogP contribution in [0.25, 0.3) is 0 Å². The molecule has 3 rings (SSSR count). The van der Waals surface area contributed by atoms with Crippen molar-refractivity contribution >= 4 is 6.47 Å². The maximum absolute atomic E-state index is 8.95. The summed E-state index contributed by atoms with van der Waals surface area (Å²) >= 11 is 0. The topological polar surface area (TPSA) is 50.8 Å². The van der Waals surface area contributed by atoms with Crippen molar-refractivity contribution in [2.75, 3.05) is 33.3 Å². The van der Waals surface area contributed by atoms with Gasteiger partial charge in [-0.3, -0.25) is 9.69 Å². The molecule has 1 atom stereocenters. The summed E-state index contributed by atoms with van der Waals surface area (Å²) in [6.45, 7) is 5.62. The predicted molar refractivity (Wildman–Crippen MR) is 89.9 cm³/mol. The van der Waals surface area contributed by atoms with E-state index in [0.717, 1.165) is 45.6 Å². The SMILES string of the molecule is C1=C(OC2CCNC2)CCN(Cc2ccccc2)C1.COC=O. The number of nitrogens with zero attached hydrogens (tertiary/aromatic N) is 1. The largest absolute Gasteiger partial charge is 0.494 e. The first-order chi connectivity index (χ1) is 11.3. The first-order valence-electron chi connectivity index (χ1n) is 8.11. The van der Waals surface area contributed by atoms with E-state index in [1.807, 2.05) is 0 Å². The third-order valence-electron chi connectivity index (χ3n) is 3.93. The molecule has 2 aliphatic heterocycles. The molecule has 2 heterocycles. The van der Waals surface area contributed by atoms with Gasteiger partial charge in [0.2, 0.25) is 0 Å². The highest BCUT2D eigenvalue weighted by molar-refractivity contribution is 5.36. The minimum absolute atomic E-state index is 0.375. The summed E-state index contributed by atoms with van der Waals surface area (Å²) < 4.78 is 9.88. The summed E-state index contributed by atoms with van der Waals surface area (Å²) in [5.74, 6) is 1.19. The van der Waals surface area contributed by atoms with Crippen LogP contribution in [0.3, 0.4) is 0 Å². The van der Waals surface area contributed by atoms with Crippen LogP contribution >= 0.6 is 0 Å². The molecule has 0 bridgehead atoms. The number of rotatable bonds is 5. The summed E-state index contributed by atoms with van der Waals surface area (Å²) in [6, 6.07) is 10.7. The summed E-state index contributed by atoms with van der Waals surface area (Å²) in [7, 11) is 1.31. The van der Waals surface area contributed by atoms with Crippen LogP contribution in [0.4, 0.5) is 0 Å². The van der Waals surface area contributed by atoms with Gasteiger partial charge >= 0.3 is 0 Å². The van der Waals surface area contributed by atoms with Crippen molar-refractivity contribution in [2.24, 2.45) is 0 Å². The molecule has 1 N–H and O–H groups in total. The summed E-state index contributed by atoms with van der Waals surface area (Å²) in [4.78, 5) is 11.4. The zero-order chi connectivity index (χ0) is 16.3. The number of hydrogen-bond donors (Lipinski definition) is 1. The zero-order valence-electron chi connectivity index (χ0n) is 13.7. The van der Waals surface area contributed by atoms with Gasteiger partial charge in [-0.05, 0) is 24.6 Å². The fraction of sp³-hybridized carbons (Fsp3) is 0.500. The molecular formula is C18H26N2O3. The Morgan fingerprint density at radius 2 is 2.13 bits per heavy atom. The van der Waals surface area contributed by atoms with Crippen LogP contribution < -0.4 is 5.32 Å². The average Bonchev–Trinajstić information content (AvgIpc) is 3.11. The number of benzene rings is 1. The van der Waals surface area contributed by atoms with E-state index in [9.17, 15) is 0 Å². The fourth-order valence-corrected chi connectivity index (χ4v) is 2.73. The van der Waals surface area contributed by atoms with E-state index in [1.54, 1.807) is 0 Å². The van der Waals surface area contributed by atoms with Gasteiger partial charge < -0.3 is 14.8 Å². The Kier molecular flexibility index (Phi) is 7.63. The first-order valence-corrected chi connectivity index (χ1v) is 8.11. The highest BCUT2D eigenvalue weighted by atomic mass is 16.5. The predicted octanol–water partition coefficient (Wildman–Crippen LogP) is 1.94. The maximum atomic E-state index is 8.95. The van der Waals surface area contributed by atoms with E-state index in [0.29, 0.717) is 12.6 Å². The Bertz CT molecular complexity index is 484. The van der Waals surface area contributed by atoms with Crippen molar-refractivity contribution in [1.82, 2.24) is 10.2 Å². The number of ether oxygens (including phenoxy) is 2. The molecule has 0 spiro atoms. The molecule has 1 saturated heterocycles. The lowest BCUT2D eigenvalue weighted by molar-refractivity contribution is -0.126. The van der Waals surface area contributed by atoms with Crippen molar-refractivity contribution in [3.05, 3.63) is 47.7 Å². The molecule has 1 unspecified atom stereocenters. The molecule has 0 aromatic heterocycles. The van der Waals surface area contributed by atoms with Crippen LogP contribution in [0.15, 0.2) is 42.2 Å². The van der Waals surface area contributed by atoms with Gasteiger partial charge in [-0.15, -0.1) is 0 Å². The van der Waals surface area contributed by atoms with E-state index < -0.39 is 0 Å². The molecule has 1 fully saturated rings. The van der Waals surface area contributed by atoms with Gasteiger partial charge in [0.25, 0.3) is 6.47 Å². The molecule has 0 radical (unpaired) electrons. The molecule has 1 aromatic rings. The van der Waals surface area contributed by atoms with E-state index in [-0.39, 0.29) is 0 Å². The van der Waals surface area contributed by atoms with E-state index >= 15 is 0 Å². The van der Waals surface area contributed by atoms with Crippen molar-refractivity contribution in [3.8, 4) is 0 Å². The summed E-state index contributed by atoms with van der Waals surface area (Å²) in [5, 5.41) is 3.34. The Labute approximate surface area is 138 Å². The smallest absolute Gasteiger partial charge is 0.292 e. The van der Waals surface area contributed by atoms with Crippen LogP contribution in [-0.2, 0) is 20.8 Å². The minimum atomic E-state index is 0.375. The standard InChI is InChI=1S/C16H22N2O.C2H4O2/c1-2-4-14(5-3-1)13-18-10-7-15(8-11-18)19-16-6-9-17-12-16;1-4-2-3/h1-5,7,16-17H,6,8-13H2;2H,1H3. The van der Waals surface area contributed by atoms with E-state index in [4.69, 9.17) is 9.53 Å². The Hall–Kier alpha value is -1.85. The summed E-state index contributed by atoms with van der Waals surface area (Å²) in [6.07, 6.45) is 4.84. The molecule has 5 heteroatoms. The highest BCUT2D eigenvalue weighted by Gasteiger charge is 2.19. The summed E-state index contributed by atoms with van der Waals surface area (Å²) in [5.41, 5.74) is 1.39. The molecule has 1 aromatic carbocycles. The second-order valence-corrected chi connectivity index (χ2v) is 5.71. The van der Waals surface area contributed by atoms with Crippen LogP contribution in [0, 0.1) is 0 Å². The lowest BCUT2D eigenvalue weighted by Gasteiger charge is -2.27. The Balaban J connectivity index is 0.000000433. The molecular weight excluding hydrogens is 292 g/mol. The zero-order valence-corrected chi connectivity index (χ0v) is 13.7. The molecule has 5 nitrogen and oxygen atoms in total. The van der Waals surface area contributed by atoms with E-state index in [2.05, 4.69) is 51.4 Å². The molecule has 0 amide bonds. The van der Waals surface area contributed by atoms with Crippen molar-refractivity contribution < 1.29 is 14.3 Å². The third kappa shape index (κ3) is 6.42. The lowest BCUT2D eigenvalue weighted by Crippen LogP contribution is -2.29. The average molecular weight is 318 g/mol. The van der Waals surface area contributed by atoms with Gasteiger partial charge in [-0.1, -0.05) is 30.3 Å². The normalized spacial score (nSPS) is 20.9. The highest BCUT2D eigenvalue weighted by Crippen LogP contribution is 2.18. The monoisotopic (exact) mass is 318 g/mol. The van der Waals surface area contributed by atoms with Crippen LogP contribution in [0.1, 0.15) is 18.4 Å². The number of nitrogens with one attached hydrogen (secondary N) is 1. The molecule has 2 aliphatic rings. The van der Waals surface area contributed by atoms with Gasteiger partial charge in [-0.25, -0.2) is 0 Å². The van der Waals surface area contributed by atoms with Crippen LogP contribution in [0.2, 0.25) is 0 Å². The number of carbonyl (C=O) groups excluding carboxylic acids is 1. The minimum Gasteiger partial charge on any atom is -0.494 e. The molecule has 0 saturated carbocycles. The second-order valence-electron chi connectivity index (χ2n) is 5.71. The Morgan fingerprint density at radius 3 is 2.70 bits per heavy atom. The second kappa shape index (κ2) is 10.0. The van der Waals surface area contributed by atoms with Crippen molar-refractivity contribution in [1.29, 1.82) is 0 Å². The van der Waals surface area contributed by atoms with Crippen LogP contribution in [0.5, 0.6) is 0 Å². The van der Waals surface area contributed by atoms with Gasteiger partial charge in [-0.2, -0.15) is 0 Å². The van der Waals surface area contributed by atoms with Gasteiger partial charge in [0.05, 0.1) is 12.9 Å². The number of methoxy groups -OCH3 is 1. The van der Waals surface area contributed by atoms with Crippen molar-refractivity contribution in [2.45, 2.75) is 25.5 Å². The number of hydrogen-bond acceptors (Lipinski definition) is 5. The molecule has 0 aliphatic carbocycles. The van der Waals surface area contributed by atoms with E-state index in [1.165, 1.54) is 18.4 Å². The maximum Gasteiger partial charge on any atom is 0.292 e. The quantitative estimate of drug-likeness (QED) is 0.841. The number of carbonyl (C=O) groups is 1. The lowest BCUT2D eigenvalue weighted by atomic mass is 10.1. The third-order valence-corrected chi connectivity index (χ3v) is 3.93. The fourth-order valence-electron chi connectivity index (χ4n) is 2.73. The first kappa shape index (κ1) is 17.5.